The minimum absolute atomic E-state index is 0.420. The van der Waals surface area contributed by atoms with Crippen LogP contribution in [-0.4, -0.2) is 54.3 Å². The molecule has 6 heteroatoms. The van der Waals surface area contributed by atoms with Crippen LogP contribution in [0.3, 0.4) is 0 Å². The lowest BCUT2D eigenvalue weighted by molar-refractivity contribution is 0.193. The minimum atomic E-state index is 0.420. The molecule has 0 spiro atoms. The Morgan fingerprint density at radius 3 is 2.50 bits per heavy atom. The maximum atomic E-state index is 5.51. The fourth-order valence-corrected chi connectivity index (χ4v) is 3.46. The molecule has 6 nitrogen and oxygen atoms in total. The number of piperazine rings is 1. The molecule has 0 unspecified atom stereocenters. The van der Waals surface area contributed by atoms with Gasteiger partial charge in [0.2, 0.25) is 0 Å². The number of rotatable bonds is 3. The molecule has 24 heavy (non-hydrogen) atoms. The summed E-state index contributed by atoms with van der Waals surface area (Å²) in [5.74, 6) is 2.33. The highest BCUT2D eigenvalue weighted by molar-refractivity contribution is 5.48. The van der Waals surface area contributed by atoms with Gasteiger partial charge in [-0.05, 0) is 25.5 Å². The lowest BCUT2D eigenvalue weighted by Gasteiger charge is -2.36. The molecule has 2 saturated heterocycles. The van der Waals surface area contributed by atoms with Crippen molar-refractivity contribution in [2.75, 3.05) is 49.2 Å². The Morgan fingerprint density at radius 2 is 1.79 bits per heavy atom. The van der Waals surface area contributed by atoms with E-state index in [0.717, 1.165) is 63.1 Å². The number of pyridine rings is 1. The van der Waals surface area contributed by atoms with Crippen molar-refractivity contribution in [3.63, 3.8) is 0 Å². The molecule has 2 aromatic rings. The molecule has 2 aliphatic heterocycles. The number of ether oxygens (including phenoxy) is 1. The second-order valence-electron chi connectivity index (χ2n) is 6.44. The van der Waals surface area contributed by atoms with Crippen LogP contribution in [-0.2, 0) is 4.74 Å². The third kappa shape index (κ3) is 3.19. The summed E-state index contributed by atoms with van der Waals surface area (Å²) in [5.41, 5.74) is 2.37. The molecule has 0 radical (unpaired) electrons. The van der Waals surface area contributed by atoms with E-state index in [2.05, 4.69) is 43.0 Å². The first-order valence-electron chi connectivity index (χ1n) is 8.63. The Morgan fingerprint density at radius 1 is 1.04 bits per heavy atom. The molecule has 0 saturated carbocycles. The molecule has 126 valence electrons. The van der Waals surface area contributed by atoms with Crippen LogP contribution in [0, 0.1) is 6.92 Å². The average Bonchev–Trinajstić information content (AvgIpc) is 3.17. The number of hydrogen-bond donors (Lipinski definition) is 0. The summed E-state index contributed by atoms with van der Waals surface area (Å²) in [6.45, 7) is 7.54. The van der Waals surface area contributed by atoms with Gasteiger partial charge in [0.1, 0.15) is 11.6 Å². The summed E-state index contributed by atoms with van der Waals surface area (Å²) >= 11 is 0. The van der Waals surface area contributed by atoms with Gasteiger partial charge in [-0.25, -0.2) is 9.97 Å². The topological polar surface area (TPSA) is 54.4 Å². The number of aryl methyl sites for hydroxylation is 1. The standard InChI is InChI=1S/C18H23N5O/c1-14-20-17(15-4-11-24-13-15)12-18(21-14)23-9-7-22(8-10-23)16-2-5-19-6-3-16/h2-3,5-6,12,15H,4,7-11,13H2,1H3/t15-/m1/s1. The molecule has 0 aromatic carbocycles. The first-order chi connectivity index (χ1) is 11.8. The van der Waals surface area contributed by atoms with E-state index >= 15 is 0 Å². The van der Waals surface area contributed by atoms with E-state index in [1.165, 1.54) is 5.69 Å². The smallest absolute Gasteiger partial charge is 0.132 e. The van der Waals surface area contributed by atoms with Crippen LogP contribution in [0.25, 0.3) is 0 Å². The van der Waals surface area contributed by atoms with Gasteiger partial charge in [-0.3, -0.25) is 4.98 Å². The Balaban J connectivity index is 1.47. The Kier molecular flexibility index (Phi) is 4.30. The fraction of sp³-hybridized carbons (Fsp3) is 0.500. The highest BCUT2D eigenvalue weighted by atomic mass is 16.5. The van der Waals surface area contributed by atoms with E-state index in [1.807, 2.05) is 19.3 Å². The zero-order chi connectivity index (χ0) is 16.4. The molecule has 4 rings (SSSR count). The van der Waals surface area contributed by atoms with Crippen molar-refractivity contribution in [3.05, 3.63) is 42.1 Å². The van der Waals surface area contributed by atoms with Crippen molar-refractivity contribution in [1.82, 2.24) is 15.0 Å². The van der Waals surface area contributed by atoms with E-state index in [9.17, 15) is 0 Å². The SMILES string of the molecule is Cc1nc([C@@H]2CCOC2)cc(N2CCN(c3ccncc3)CC2)n1. The van der Waals surface area contributed by atoms with Crippen LogP contribution in [0.5, 0.6) is 0 Å². The van der Waals surface area contributed by atoms with Crippen LogP contribution in [0.4, 0.5) is 11.5 Å². The fourth-order valence-electron chi connectivity index (χ4n) is 3.46. The van der Waals surface area contributed by atoms with E-state index < -0.39 is 0 Å². The lowest BCUT2D eigenvalue weighted by atomic mass is 10.0. The molecule has 0 aliphatic carbocycles. The van der Waals surface area contributed by atoms with Gasteiger partial charge >= 0.3 is 0 Å². The number of nitrogens with zero attached hydrogens (tertiary/aromatic N) is 5. The third-order valence-electron chi connectivity index (χ3n) is 4.82. The van der Waals surface area contributed by atoms with Crippen molar-refractivity contribution in [2.45, 2.75) is 19.3 Å². The van der Waals surface area contributed by atoms with Crippen molar-refractivity contribution < 1.29 is 4.74 Å². The quantitative estimate of drug-likeness (QED) is 0.860. The van der Waals surface area contributed by atoms with Gasteiger partial charge in [0, 0.05) is 62.9 Å². The molecular weight excluding hydrogens is 302 g/mol. The number of aromatic nitrogens is 3. The predicted molar refractivity (Wildman–Crippen MR) is 93.6 cm³/mol. The zero-order valence-electron chi connectivity index (χ0n) is 14.1. The van der Waals surface area contributed by atoms with Crippen LogP contribution >= 0.6 is 0 Å². The monoisotopic (exact) mass is 325 g/mol. The van der Waals surface area contributed by atoms with Gasteiger partial charge < -0.3 is 14.5 Å². The summed E-state index contributed by atoms with van der Waals surface area (Å²) in [6, 6.07) is 6.31. The molecule has 0 amide bonds. The molecule has 2 aromatic heterocycles. The average molecular weight is 325 g/mol. The zero-order valence-corrected chi connectivity index (χ0v) is 14.1. The Bertz CT molecular complexity index is 679. The molecule has 1 atom stereocenters. The molecular formula is C18H23N5O. The predicted octanol–water partition coefficient (Wildman–Crippen LogP) is 2.01. The molecule has 0 N–H and O–H groups in total. The van der Waals surface area contributed by atoms with Crippen LogP contribution < -0.4 is 9.80 Å². The van der Waals surface area contributed by atoms with Gasteiger partial charge in [-0.1, -0.05) is 0 Å². The summed E-state index contributed by atoms with van der Waals surface area (Å²) < 4.78 is 5.51. The van der Waals surface area contributed by atoms with Crippen molar-refractivity contribution in [1.29, 1.82) is 0 Å². The lowest BCUT2D eigenvalue weighted by Crippen LogP contribution is -2.47. The van der Waals surface area contributed by atoms with Gasteiger partial charge in [0.05, 0.1) is 12.3 Å². The van der Waals surface area contributed by atoms with E-state index in [4.69, 9.17) is 4.74 Å². The summed E-state index contributed by atoms with van der Waals surface area (Å²) in [7, 11) is 0. The maximum Gasteiger partial charge on any atom is 0.132 e. The van der Waals surface area contributed by atoms with Gasteiger partial charge in [-0.2, -0.15) is 0 Å². The maximum absolute atomic E-state index is 5.51. The number of hydrogen-bond acceptors (Lipinski definition) is 6. The van der Waals surface area contributed by atoms with Crippen molar-refractivity contribution >= 4 is 11.5 Å². The normalized spacial score (nSPS) is 21.3. The van der Waals surface area contributed by atoms with Crippen molar-refractivity contribution in [2.24, 2.45) is 0 Å². The molecule has 4 heterocycles. The molecule has 2 fully saturated rings. The summed E-state index contributed by atoms with van der Waals surface area (Å²) in [5, 5.41) is 0. The largest absolute Gasteiger partial charge is 0.381 e. The minimum Gasteiger partial charge on any atom is -0.381 e. The van der Waals surface area contributed by atoms with E-state index in [1.54, 1.807) is 0 Å². The van der Waals surface area contributed by atoms with E-state index in [-0.39, 0.29) is 0 Å². The second kappa shape index (κ2) is 6.73. The Hall–Kier alpha value is -2.21. The van der Waals surface area contributed by atoms with Gasteiger partial charge in [0.25, 0.3) is 0 Å². The number of anilines is 2. The van der Waals surface area contributed by atoms with E-state index in [0.29, 0.717) is 5.92 Å². The van der Waals surface area contributed by atoms with Crippen LogP contribution in [0.15, 0.2) is 30.6 Å². The highest BCUT2D eigenvalue weighted by Gasteiger charge is 2.23. The summed E-state index contributed by atoms with van der Waals surface area (Å²) in [4.78, 5) is 18.2. The highest BCUT2D eigenvalue weighted by Crippen LogP contribution is 2.27. The second-order valence-corrected chi connectivity index (χ2v) is 6.44. The first-order valence-corrected chi connectivity index (χ1v) is 8.63. The van der Waals surface area contributed by atoms with Crippen LogP contribution in [0.2, 0.25) is 0 Å². The first kappa shape index (κ1) is 15.3. The van der Waals surface area contributed by atoms with Gasteiger partial charge in [0.15, 0.2) is 0 Å². The van der Waals surface area contributed by atoms with Crippen LogP contribution in [0.1, 0.15) is 23.9 Å². The third-order valence-corrected chi connectivity index (χ3v) is 4.82. The Labute approximate surface area is 142 Å². The molecule has 0 bridgehead atoms. The summed E-state index contributed by atoms with van der Waals surface area (Å²) in [6.07, 6.45) is 4.77. The van der Waals surface area contributed by atoms with Crippen molar-refractivity contribution in [3.8, 4) is 0 Å². The molecule has 2 aliphatic rings. The van der Waals surface area contributed by atoms with Gasteiger partial charge in [-0.15, -0.1) is 0 Å².